The smallest absolute Gasteiger partial charge is 0.328 e. The third-order valence-electron chi connectivity index (χ3n) is 2.09. The van der Waals surface area contributed by atoms with Gasteiger partial charge in [-0.1, -0.05) is 0 Å². The van der Waals surface area contributed by atoms with Gasteiger partial charge in [-0.25, -0.2) is 9.78 Å². The van der Waals surface area contributed by atoms with Crippen molar-refractivity contribution in [2.45, 2.75) is 26.0 Å². The van der Waals surface area contributed by atoms with E-state index in [1.54, 1.807) is 5.38 Å². The van der Waals surface area contributed by atoms with Gasteiger partial charge < -0.3 is 15.5 Å². The summed E-state index contributed by atoms with van der Waals surface area (Å²) in [7, 11) is 0. The first-order valence-electron chi connectivity index (χ1n) is 5.21. The van der Waals surface area contributed by atoms with E-state index in [0.29, 0.717) is 5.69 Å². The molecule has 98 valence electrons. The van der Waals surface area contributed by atoms with Crippen molar-refractivity contribution in [2.75, 3.05) is 0 Å². The van der Waals surface area contributed by atoms with Gasteiger partial charge in [0, 0.05) is 11.5 Å². The quantitative estimate of drug-likeness (QED) is 0.673. The Kier molecular flexibility index (Phi) is 4.99. The van der Waals surface area contributed by atoms with Crippen LogP contribution < -0.4 is 5.32 Å². The van der Waals surface area contributed by atoms with Crippen LogP contribution in [0.1, 0.15) is 17.6 Å². The first-order chi connectivity index (χ1) is 8.40. The van der Waals surface area contributed by atoms with Crippen molar-refractivity contribution in [3.8, 4) is 0 Å². The van der Waals surface area contributed by atoms with E-state index in [4.69, 9.17) is 5.11 Å². The lowest BCUT2D eigenvalue weighted by Crippen LogP contribution is -2.47. The van der Waals surface area contributed by atoms with Crippen LogP contribution in [0.15, 0.2) is 11.5 Å². The molecule has 2 unspecified atom stereocenters. The van der Waals surface area contributed by atoms with Crippen molar-refractivity contribution in [1.29, 1.82) is 0 Å². The van der Waals surface area contributed by atoms with E-state index < -0.39 is 24.0 Å². The topological polar surface area (TPSA) is 99.5 Å². The molecule has 0 aliphatic carbocycles. The molecule has 7 heteroatoms. The average Bonchev–Trinajstić information content (AvgIpc) is 2.68. The summed E-state index contributed by atoms with van der Waals surface area (Å²) >= 11 is 1.45. The Labute approximate surface area is 108 Å². The van der Waals surface area contributed by atoms with Gasteiger partial charge in [-0.05, 0) is 19.9 Å². The lowest BCUT2D eigenvalue weighted by atomic mass is 10.2. The summed E-state index contributed by atoms with van der Waals surface area (Å²) in [6, 6.07) is -1.32. The maximum Gasteiger partial charge on any atom is 0.328 e. The van der Waals surface area contributed by atoms with Crippen molar-refractivity contribution in [3.63, 3.8) is 0 Å². The summed E-state index contributed by atoms with van der Waals surface area (Å²) in [5.74, 6) is -1.87. The number of carbonyl (C=O) groups is 2. The Balaban J connectivity index is 2.60. The van der Waals surface area contributed by atoms with E-state index in [9.17, 15) is 14.7 Å². The minimum absolute atomic E-state index is 0.589. The Morgan fingerprint density at radius 2 is 2.22 bits per heavy atom. The minimum atomic E-state index is -1.32. The van der Waals surface area contributed by atoms with E-state index in [2.05, 4.69) is 10.3 Å². The number of hydrogen-bond donors (Lipinski definition) is 3. The second-order valence-electron chi connectivity index (χ2n) is 3.69. The number of hydrogen-bond acceptors (Lipinski definition) is 5. The van der Waals surface area contributed by atoms with Crippen molar-refractivity contribution < 1.29 is 19.8 Å². The molecule has 0 aliphatic rings. The van der Waals surface area contributed by atoms with Gasteiger partial charge in [0.1, 0.15) is 0 Å². The zero-order chi connectivity index (χ0) is 13.7. The third kappa shape index (κ3) is 4.27. The number of aliphatic hydroxyl groups excluding tert-OH is 1. The molecule has 0 aliphatic heterocycles. The summed E-state index contributed by atoms with van der Waals surface area (Å²) in [6.07, 6.45) is 1.51. The molecule has 18 heavy (non-hydrogen) atoms. The Bertz CT molecular complexity index is 467. The van der Waals surface area contributed by atoms with Gasteiger partial charge >= 0.3 is 5.97 Å². The maximum absolute atomic E-state index is 11.4. The molecule has 0 saturated carbocycles. The van der Waals surface area contributed by atoms with Gasteiger partial charge in [-0.15, -0.1) is 11.3 Å². The van der Waals surface area contributed by atoms with Crippen LogP contribution in [0.4, 0.5) is 0 Å². The summed E-state index contributed by atoms with van der Waals surface area (Å²) in [4.78, 5) is 26.3. The first-order valence-corrected chi connectivity index (χ1v) is 6.09. The largest absolute Gasteiger partial charge is 0.480 e. The second-order valence-corrected chi connectivity index (χ2v) is 4.75. The number of carboxylic acid groups (broad SMARTS) is 1. The zero-order valence-electron chi connectivity index (χ0n) is 9.95. The molecule has 1 aromatic rings. The predicted molar refractivity (Wildman–Crippen MR) is 67.1 cm³/mol. The minimum Gasteiger partial charge on any atom is -0.480 e. The molecule has 1 rings (SSSR count). The molecular weight excluding hydrogens is 256 g/mol. The van der Waals surface area contributed by atoms with Crippen LogP contribution >= 0.6 is 11.3 Å². The van der Waals surface area contributed by atoms with E-state index in [0.717, 1.165) is 5.01 Å². The third-order valence-corrected chi connectivity index (χ3v) is 2.88. The molecule has 1 aromatic heterocycles. The fourth-order valence-corrected chi connectivity index (χ4v) is 1.79. The normalized spacial score (nSPS) is 14.4. The van der Waals surface area contributed by atoms with Gasteiger partial charge in [-0.3, -0.25) is 4.79 Å². The lowest BCUT2D eigenvalue weighted by Gasteiger charge is -2.15. The highest BCUT2D eigenvalue weighted by atomic mass is 32.1. The number of nitrogens with one attached hydrogen (secondary N) is 1. The number of rotatable bonds is 5. The van der Waals surface area contributed by atoms with Crippen molar-refractivity contribution in [1.82, 2.24) is 10.3 Å². The number of thiazole rings is 1. The van der Waals surface area contributed by atoms with Crippen molar-refractivity contribution in [2.24, 2.45) is 0 Å². The van der Waals surface area contributed by atoms with E-state index >= 15 is 0 Å². The SMILES string of the molecule is Cc1nc(/C=C/C(=O)NC(C(=O)O)C(C)O)cs1. The van der Waals surface area contributed by atoms with Crippen LogP contribution in [0.25, 0.3) is 6.08 Å². The molecule has 0 spiro atoms. The molecule has 0 fully saturated rings. The Morgan fingerprint density at radius 1 is 1.56 bits per heavy atom. The highest BCUT2D eigenvalue weighted by Gasteiger charge is 2.23. The van der Waals surface area contributed by atoms with Gasteiger partial charge in [0.25, 0.3) is 0 Å². The number of carboxylic acids is 1. The van der Waals surface area contributed by atoms with E-state index in [-0.39, 0.29) is 0 Å². The van der Waals surface area contributed by atoms with Crippen LogP contribution in [0.2, 0.25) is 0 Å². The summed E-state index contributed by atoms with van der Waals surface area (Å²) in [5, 5.41) is 22.8. The molecular formula is C11H14N2O4S. The number of amides is 1. The predicted octanol–water partition coefficient (Wildman–Crippen LogP) is 0.415. The number of aliphatic carboxylic acids is 1. The fourth-order valence-electron chi connectivity index (χ4n) is 1.21. The van der Waals surface area contributed by atoms with Crippen molar-refractivity contribution >= 4 is 29.3 Å². The highest BCUT2D eigenvalue weighted by molar-refractivity contribution is 7.09. The molecule has 6 nitrogen and oxygen atoms in total. The monoisotopic (exact) mass is 270 g/mol. The Hall–Kier alpha value is -1.73. The summed E-state index contributed by atoms with van der Waals surface area (Å²) in [5.41, 5.74) is 0.636. The molecule has 3 N–H and O–H groups in total. The summed E-state index contributed by atoms with van der Waals surface area (Å²) in [6.45, 7) is 3.14. The number of nitrogens with zero attached hydrogens (tertiary/aromatic N) is 1. The molecule has 0 bridgehead atoms. The van der Waals surface area contributed by atoms with E-state index in [1.807, 2.05) is 6.92 Å². The fraction of sp³-hybridized carbons (Fsp3) is 0.364. The van der Waals surface area contributed by atoms with Crippen LogP contribution in [-0.2, 0) is 9.59 Å². The lowest BCUT2D eigenvalue weighted by molar-refractivity contribution is -0.144. The standard InChI is InChI=1S/C11H14N2O4S/c1-6(14)10(11(16)17)13-9(15)4-3-8-5-18-7(2)12-8/h3-6,10,14H,1-2H3,(H,13,15)(H,16,17)/b4-3+. The molecule has 1 heterocycles. The van der Waals surface area contributed by atoms with Crippen LogP contribution in [0.3, 0.4) is 0 Å². The van der Waals surface area contributed by atoms with Crippen molar-refractivity contribution in [3.05, 3.63) is 22.2 Å². The first kappa shape index (κ1) is 14.3. The van der Waals surface area contributed by atoms with Gasteiger partial charge in [0.05, 0.1) is 16.8 Å². The van der Waals surface area contributed by atoms with Crippen LogP contribution in [0, 0.1) is 6.92 Å². The van der Waals surface area contributed by atoms with Gasteiger partial charge in [-0.2, -0.15) is 0 Å². The van der Waals surface area contributed by atoms with E-state index in [1.165, 1.54) is 30.4 Å². The zero-order valence-corrected chi connectivity index (χ0v) is 10.8. The van der Waals surface area contributed by atoms with Gasteiger partial charge in [0.2, 0.25) is 5.91 Å². The number of carbonyl (C=O) groups excluding carboxylic acids is 1. The summed E-state index contributed by atoms with van der Waals surface area (Å²) < 4.78 is 0. The number of aromatic nitrogens is 1. The highest BCUT2D eigenvalue weighted by Crippen LogP contribution is 2.09. The molecule has 1 amide bonds. The van der Waals surface area contributed by atoms with Crippen LogP contribution in [-0.4, -0.2) is 39.2 Å². The maximum atomic E-state index is 11.4. The molecule has 0 aromatic carbocycles. The Morgan fingerprint density at radius 3 is 2.67 bits per heavy atom. The number of aliphatic hydroxyl groups is 1. The number of aryl methyl sites for hydroxylation is 1. The molecule has 0 saturated heterocycles. The van der Waals surface area contributed by atoms with Gasteiger partial charge in [0.15, 0.2) is 6.04 Å². The molecule has 0 radical (unpaired) electrons. The molecule has 2 atom stereocenters. The second kappa shape index (κ2) is 6.27. The van der Waals surface area contributed by atoms with Crippen LogP contribution in [0.5, 0.6) is 0 Å². The average molecular weight is 270 g/mol.